The van der Waals surface area contributed by atoms with Crippen LogP contribution in [0, 0.1) is 28.1 Å². The summed E-state index contributed by atoms with van der Waals surface area (Å²) in [6, 6.07) is 10.8. The van der Waals surface area contributed by atoms with Crippen LogP contribution < -0.4 is 25.2 Å². The standard InChI is InChI=1S/C41H48ClN11O4/c1-40(2)37(41(3,4)38(40)57-27-21-29(42)31(22-43)45-23-27)47-36(55)30-5-6-33(49-48-30)51-17-8-25(9-18-51)24-50-15-10-26(11-16-50)52-19-12-28-32(7-14-44-35(28)52)53-20-13-34(54)46-39(53)56/h5-7,12,14,19,21,23,25-26,37-38H,8-11,13,15-18,20,24H2,1-4H3,(H,47,55)(H,46,54,56)/t37-,38-. The van der Waals surface area contributed by atoms with Crippen LogP contribution in [0.1, 0.15) is 82.0 Å². The SMILES string of the molecule is CC1(C)[C@H](NC(=O)c2ccc(N3CCC(CN4CCC(n5ccc6c(N7CCC(=O)NC7=O)ccnc65)CC4)CC3)nn2)C(C)(C)[C@H]1Oc1cnc(C#N)c(Cl)c1. The van der Waals surface area contributed by atoms with Gasteiger partial charge < -0.3 is 24.4 Å². The molecular formula is C41H48ClN11O4. The first-order chi connectivity index (χ1) is 27.3. The van der Waals surface area contributed by atoms with Crippen LogP contribution in [0.25, 0.3) is 11.0 Å². The first kappa shape index (κ1) is 38.5. The maximum absolute atomic E-state index is 13.4. The van der Waals surface area contributed by atoms with E-state index in [0.717, 1.165) is 80.9 Å². The van der Waals surface area contributed by atoms with Gasteiger partial charge in [0.1, 0.15) is 23.6 Å². The van der Waals surface area contributed by atoms with Crippen LogP contribution in [0.3, 0.4) is 0 Å². The molecule has 0 radical (unpaired) electrons. The van der Waals surface area contributed by atoms with Crippen molar-refractivity contribution in [2.24, 2.45) is 16.7 Å². The lowest BCUT2D eigenvalue weighted by molar-refractivity contribution is -0.164. The van der Waals surface area contributed by atoms with Crippen molar-refractivity contribution in [1.29, 1.82) is 5.26 Å². The molecule has 0 bridgehead atoms. The van der Waals surface area contributed by atoms with E-state index in [1.807, 2.05) is 24.3 Å². The lowest BCUT2D eigenvalue weighted by Crippen LogP contribution is -2.74. The van der Waals surface area contributed by atoms with Crippen molar-refractivity contribution in [3.8, 4) is 11.8 Å². The number of pyridine rings is 2. The summed E-state index contributed by atoms with van der Waals surface area (Å²) in [6.07, 6.45) is 9.56. The number of halogens is 1. The molecule has 4 amide bonds. The molecule has 1 aliphatic carbocycles. The average Bonchev–Trinajstić information content (AvgIpc) is 3.64. The van der Waals surface area contributed by atoms with Crippen molar-refractivity contribution >= 4 is 52.0 Å². The van der Waals surface area contributed by atoms with E-state index >= 15 is 0 Å². The summed E-state index contributed by atoms with van der Waals surface area (Å²) < 4.78 is 8.56. The van der Waals surface area contributed by atoms with E-state index in [2.05, 4.69) is 74.1 Å². The van der Waals surface area contributed by atoms with Crippen LogP contribution in [0.15, 0.2) is 48.9 Å². The van der Waals surface area contributed by atoms with Crippen LogP contribution in [-0.2, 0) is 4.79 Å². The Balaban J connectivity index is 0.800. The number of urea groups is 1. The zero-order valence-corrected chi connectivity index (χ0v) is 33.5. The summed E-state index contributed by atoms with van der Waals surface area (Å²) in [5, 5.41) is 24.7. The number of imide groups is 1. The molecular weight excluding hydrogens is 746 g/mol. The van der Waals surface area contributed by atoms with Crippen molar-refractivity contribution in [1.82, 2.24) is 40.3 Å². The van der Waals surface area contributed by atoms with Gasteiger partial charge in [-0.15, -0.1) is 10.2 Å². The second-order valence-electron chi connectivity index (χ2n) is 16.9. The lowest BCUT2D eigenvalue weighted by Gasteiger charge is -2.63. The monoisotopic (exact) mass is 793 g/mol. The second-order valence-corrected chi connectivity index (χ2v) is 17.4. The van der Waals surface area contributed by atoms with Gasteiger partial charge in [-0.05, 0) is 55.9 Å². The zero-order chi connectivity index (χ0) is 40.1. The molecule has 298 valence electrons. The Hall–Kier alpha value is -5.33. The fourth-order valence-corrected chi connectivity index (χ4v) is 9.98. The maximum Gasteiger partial charge on any atom is 0.328 e. The number of hydrogen-bond donors (Lipinski definition) is 2. The fourth-order valence-electron chi connectivity index (χ4n) is 9.78. The summed E-state index contributed by atoms with van der Waals surface area (Å²) in [5.41, 5.74) is 1.25. The highest BCUT2D eigenvalue weighted by Crippen LogP contribution is 2.55. The summed E-state index contributed by atoms with van der Waals surface area (Å²) in [4.78, 5) is 52.9. The number of ether oxygens (including phenoxy) is 1. The third-order valence-corrected chi connectivity index (χ3v) is 12.8. The summed E-state index contributed by atoms with van der Waals surface area (Å²) in [5.74, 6) is 1.34. The van der Waals surface area contributed by atoms with Gasteiger partial charge in [-0.3, -0.25) is 19.8 Å². The van der Waals surface area contributed by atoms with Crippen LogP contribution >= 0.6 is 11.6 Å². The fraction of sp³-hybridized carbons (Fsp3) is 0.512. The third-order valence-electron chi connectivity index (χ3n) is 12.5. The molecule has 0 unspecified atom stereocenters. The molecule has 4 aromatic heterocycles. The number of hydrogen-bond acceptors (Lipinski definition) is 11. The van der Waals surface area contributed by atoms with E-state index in [9.17, 15) is 14.4 Å². The highest BCUT2D eigenvalue weighted by molar-refractivity contribution is 6.31. The van der Waals surface area contributed by atoms with Crippen molar-refractivity contribution < 1.29 is 19.1 Å². The van der Waals surface area contributed by atoms with Gasteiger partial charge in [-0.1, -0.05) is 39.3 Å². The summed E-state index contributed by atoms with van der Waals surface area (Å²) in [7, 11) is 0. The molecule has 2 N–H and O–H groups in total. The van der Waals surface area contributed by atoms with Crippen molar-refractivity contribution in [3.63, 3.8) is 0 Å². The van der Waals surface area contributed by atoms with Crippen LogP contribution in [-0.4, -0.2) is 98.9 Å². The molecule has 0 spiro atoms. The average molecular weight is 794 g/mol. The number of nitrogens with zero attached hydrogens (tertiary/aromatic N) is 9. The van der Waals surface area contributed by atoms with Crippen molar-refractivity contribution in [3.05, 3.63) is 65.3 Å². The van der Waals surface area contributed by atoms with Gasteiger partial charge in [-0.25, -0.2) is 14.8 Å². The van der Waals surface area contributed by atoms with E-state index in [4.69, 9.17) is 26.6 Å². The molecule has 16 heteroatoms. The Bertz CT molecular complexity index is 2200. The first-order valence-electron chi connectivity index (χ1n) is 19.7. The largest absolute Gasteiger partial charge is 0.487 e. The van der Waals surface area contributed by atoms with E-state index in [1.54, 1.807) is 23.2 Å². The second kappa shape index (κ2) is 15.2. The number of anilines is 2. The topological polar surface area (TPSA) is 175 Å². The van der Waals surface area contributed by atoms with Gasteiger partial charge in [0.25, 0.3) is 5.91 Å². The van der Waals surface area contributed by atoms with Crippen molar-refractivity contribution in [2.45, 2.75) is 78.0 Å². The number of carbonyl (C=O) groups excluding carboxylic acids is 3. The number of likely N-dealkylation sites (tertiary alicyclic amines) is 1. The van der Waals surface area contributed by atoms with Gasteiger partial charge in [0.2, 0.25) is 5.91 Å². The number of aromatic nitrogens is 5. The Morgan fingerprint density at radius 3 is 2.42 bits per heavy atom. The minimum atomic E-state index is -0.411. The number of nitrogens with one attached hydrogen (secondary N) is 2. The number of nitriles is 1. The maximum atomic E-state index is 13.4. The van der Waals surface area contributed by atoms with E-state index in [-0.39, 0.29) is 52.8 Å². The van der Waals surface area contributed by atoms with Gasteiger partial charge in [0, 0.05) is 92.4 Å². The smallest absolute Gasteiger partial charge is 0.328 e. The third kappa shape index (κ3) is 7.36. The quantitative estimate of drug-likeness (QED) is 0.223. The molecule has 4 fully saturated rings. The van der Waals surface area contributed by atoms with E-state index < -0.39 is 10.8 Å². The van der Waals surface area contributed by atoms with Crippen LogP contribution in [0.2, 0.25) is 5.02 Å². The number of carbonyl (C=O) groups is 3. The molecule has 0 aromatic carbocycles. The number of rotatable bonds is 9. The summed E-state index contributed by atoms with van der Waals surface area (Å²) in [6.45, 7) is 13.5. The Labute approximate surface area is 336 Å². The molecule has 4 aromatic rings. The number of fused-ring (bicyclic) bond motifs is 1. The highest BCUT2D eigenvalue weighted by Gasteiger charge is 2.64. The lowest BCUT2D eigenvalue weighted by atomic mass is 9.49. The molecule has 3 saturated heterocycles. The molecule has 8 rings (SSSR count). The zero-order valence-electron chi connectivity index (χ0n) is 32.7. The molecule has 7 heterocycles. The molecule has 4 aliphatic rings. The highest BCUT2D eigenvalue weighted by atomic mass is 35.5. The van der Waals surface area contributed by atoms with E-state index in [0.29, 0.717) is 24.3 Å². The molecule has 15 nitrogen and oxygen atoms in total. The van der Waals surface area contributed by atoms with Crippen LogP contribution in [0.4, 0.5) is 16.3 Å². The predicted molar refractivity (Wildman–Crippen MR) is 214 cm³/mol. The van der Waals surface area contributed by atoms with Gasteiger partial charge in [0.15, 0.2) is 17.2 Å². The Morgan fingerprint density at radius 1 is 1.00 bits per heavy atom. The summed E-state index contributed by atoms with van der Waals surface area (Å²) >= 11 is 6.18. The molecule has 0 atom stereocenters. The van der Waals surface area contributed by atoms with Gasteiger partial charge in [-0.2, -0.15) is 5.26 Å². The molecule has 57 heavy (non-hydrogen) atoms. The van der Waals surface area contributed by atoms with E-state index in [1.165, 1.54) is 6.20 Å². The minimum Gasteiger partial charge on any atom is -0.487 e. The molecule has 1 saturated carbocycles. The molecule has 3 aliphatic heterocycles. The van der Waals surface area contributed by atoms with Crippen LogP contribution in [0.5, 0.6) is 5.75 Å². The Kier molecular flexibility index (Phi) is 10.3. The van der Waals surface area contributed by atoms with Crippen molar-refractivity contribution in [2.75, 3.05) is 49.1 Å². The number of piperidine rings is 2. The first-order valence-corrected chi connectivity index (χ1v) is 20.1. The van der Waals surface area contributed by atoms with Gasteiger partial charge >= 0.3 is 6.03 Å². The Morgan fingerprint density at radius 2 is 1.75 bits per heavy atom. The minimum absolute atomic E-state index is 0.146. The van der Waals surface area contributed by atoms with Gasteiger partial charge in [0.05, 0.1) is 16.9 Å². The predicted octanol–water partition coefficient (Wildman–Crippen LogP) is 5.36. The number of amides is 4. The normalized spacial score (nSPS) is 22.8.